The molecule has 0 spiro atoms. The fraction of sp³-hybridized carbons (Fsp3) is 0.148. The smallest absolute Gasteiger partial charge is 0.254 e. The number of nitriles is 1. The molecule has 1 atom stereocenters. The van der Waals surface area contributed by atoms with Gasteiger partial charge in [-0.2, -0.15) is 5.26 Å². The van der Waals surface area contributed by atoms with Crippen LogP contribution in [-0.4, -0.2) is 17.6 Å². The summed E-state index contributed by atoms with van der Waals surface area (Å²) in [5.41, 5.74) is 3.26. The van der Waals surface area contributed by atoms with E-state index in [1.807, 2.05) is 25.1 Å². The van der Waals surface area contributed by atoms with Crippen LogP contribution in [0.5, 0.6) is 0 Å². The molecule has 1 aromatic heterocycles. The van der Waals surface area contributed by atoms with E-state index in [-0.39, 0.29) is 23.1 Å². The second-order valence-corrected chi connectivity index (χ2v) is 9.12. The van der Waals surface area contributed by atoms with Gasteiger partial charge in [-0.1, -0.05) is 23.9 Å². The van der Waals surface area contributed by atoms with Crippen molar-refractivity contribution in [3.8, 4) is 6.07 Å². The van der Waals surface area contributed by atoms with Crippen LogP contribution in [0.4, 0.5) is 15.8 Å². The molecular weight excluding hydrogens is 479 g/mol. The lowest BCUT2D eigenvalue weighted by molar-refractivity contribution is -0.114. The molecule has 0 saturated carbocycles. The number of amides is 2. The predicted octanol–water partition coefficient (Wildman–Crippen LogP) is 5.43. The maximum atomic E-state index is 13.4. The zero-order valence-electron chi connectivity index (χ0n) is 19.6. The van der Waals surface area contributed by atoms with Crippen LogP contribution in [0.2, 0.25) is 0 Å². The van der Waals surface area contributed by atoms with Crippen molar-refractivity contribution in [2.75, 3.05) is 16.4 Å². The molecule has 2 heterocycles. The highest BCUT2D eigenvalue weighted by Gasteiger charge is 2.36. The molecule has 0 bridgehead atoms. The quantitative estimate of drug-likeness (QED) is 0.398. The number of benzene rings is 2. The minimum atomic E-state index is -0.751. The summed E-state index contributed by atoms with van der Waals surface area (Å²) in [6.45, 7) is 3.68. The number of allylic oxidation sites excluding steroid dienone is 2. The summed E-state index contributed by atoms with van der Waals surface area (Å²) in [5, 5.41) is 19.3. The van der Waals surface area contributed by atoms with Crippen LogP contribution < -0.4 is 16.0 Å². The van der Waals surface area contributed by atoms with Crippen molar-refractivity contribution in [3.05, 3.63) is 106 Å². The van der Waals surface area contributed by atoms with E-state index in [1.54, 1.807) is 25.1 Å². The Balaban J connectivity index is 1.57. The fourth-order valence-electron chi connectivity index (χ4n) is 3.86. The number of nitrogens with one attached hydrogen (secondary N) is 3. The predicted molar refractivity (Wildman–Crippen MR) is 137 cm³/mol. The highest BCUT2D eigenvalue weighted by atomic mass is 32.2. The Labute approximate surface area is 212 Å². The van der Waals surface area contributed by atoms with Crippen molar-refractivity contribution in [1.82, 2.24) is 5.32 Å². The van der Waals surface area contributed by atoms with Crippen molar-refractivity contribution in [2.45, 2.75) is 19.8 Å². The standard InChI is InChI=1S/C27H23FN4O3S/c1-16-5-3-6-20(13-16)32-26(34)24-17(2)30-27(21(14-29)25(24)22-7-4-12-35-22)36-15-23(33)31-19-10-8-18(28)9-11-19/h3-13,25,30H,15H2,1-2H3,(H,31,33)(H,32,34)/t25-/m1/s1. The van der Waals surface area contributed by atoms with Crippen LogP contribution >= 0.6 is 11.8 Å². The largest absolute Gasteiger partial charge is 0.468 e. The second kappa shape index (κ2) is 11.0. The van der Waals surface area contributed by atoms with Crippen LogP contribution in [0.15, 0.2) is 93.2 Å². The minimum Gasteiger partial charge on any atom is -0.468 e. The fourth-order valence-corrected chi connectivity index (χ4v) is 4.75. The zero-order chi connectivity index (χ0) is 25.7. The molecule has 36 heavy (non-hydrogen) atoms. The first-order chi connectivity index (χ1) is 17.4. The molecule has 0 saturated heterocycles. The number of anilines is 2. The van der Waals surface area contributed by atoms with Crippen LogP contribution in [0.1, 0.15) is 24.2 Å². The molecule has 7 nitrogen and oxygen atoms in total. The monoisotopic (exact) mass is 502 g/mol. The van der Waals surface area contributed by atoms with Gasteiger partial charge < -0.3 is 20.4 Å². The minimum absolute atomic E-state index is 0.00608. The Morgan fingerprint density at radius 1 is 1.08 bits per heavy atom. The Hall–Kier alpha value is -4.29. The first-order valence-electron chi connectivity index (χ1n) is 11.1. The van der Waals surface area contributed by atoms with Crippen molar-refractivity contribution in [3.63, 3.8) is 0 Å². The molecule has 4 rings (SSSR count). The maximum absolute atomic E-state index is 13.4. The van der Waals surface area contributed by atoms with Crippen molar-refractivity contribution in [1.29, 1.82) is 5.26 Å². The van der Waals surface area contributed by atoms with Crippen LogP contribution in [-0.2, 0) is 9.59 Å². The van der Waals surface area contributed by atoms with Gasteiger partial charge in [-0.05, 0) is 67.9 Å². The number of nitrogens with zero attached hydrogens (tertiary/aromatic N) is 1. The summed E-state index contributed by atoms with van der Waals surface area (Å²) < 4.78 is 18.7. The molecule has 182 valence electrons. The number of hydrogen-bond acceptors (Lipinski definition) is 6. The topological polar surface area (TPSA) is 107 Å². The van der Waals surface area contributed by atoms with E-state index >= 15 is 0 Å². The Morgan fingerprint density at radius 3 is 2.53 bits per heavy atom. The number of dihydropyridines is 1. The van der Waals surface area contributed by atoms with Gasteiger partial charge in [-0.15, -0.1) is 0 Å². The molecule has 0 unspecified atom stereocenters. The molecule has 3 aromatic rings. The van der Waals surface area contributed by atoms with Gasteiger partial charge in [0.15, 0.2) is 0 Å². The second-order valence-electron chi connectivity index (χ2n) is 8.13. The van der Waals surface area contributed by atoms with Gasteiger partial charge in [0.1, 0.15) is 11.6 Å². The number of aryl methyl sites for hydroxylation is 1. The zero-order valence-corrected chi connectivity index (χ0v) is 20.4. The van der Waals surface area contributed by atoms with Gasteiger partial charge in [0.2, 0.25) is 5.91 Å². The first-order valence-corrected chi connectivity index (χ1v) is 12.1. The summed E-state index contributed by atoms with van der Waals surface area (Å²) in [4.78, 5) is 25.9. The molecule has 1 aliphatic heterocycles. The summed E-state index contributed by atoms with van der Waals surface area (Å²) >= 11 is 1.14. The average Bonchev–Trinajstić information content (AvgIpc) is 3.38. The number of thioether (sulfide) groups is 1. The third-order valence-corrected chi connectivity index (χ3v) is 6.49. The van der Waals surface area contributed by atoms with Crippen molar-refractivity contribution < 1.29 is 18.4 Å². The molecule has 0 fully saturated rings. The van der Waals surface area contributed by atoms with E-state index in [0.717, 1.165) is 17.3 Å². The molecule has 9 heteroatoms. The molecule has 3 N–H and O–H groups in total. The van der Waals surface area contributed by atoms with Gasteiger partial charge in [0, 0.05) is 17.1 Å². The number of hydrogen-bond donors (Lipinski definition) is 3. The van der Waals surface area contributed by atoms with E-state index in [9.17, 15) is 19.2 Å². The lowest BCUT2D eigenvalue weighted by atomic mass is 9.85. The molecule has 2 amide bonds. The summed E-state index contributed by atoms with van der Waals surface area (Å²) in [6, 6.07) is 18.5. The van der Waals surface area contributed by atoms with Gasteiger partial charge in [0.05, 0.1) is 40.2 Å². The number of carbonyl (C=O) groups excluding carboxylic acids is 2. The number of carbonyl (C=O) groups is 2. The SMILES string of the molecule is CC1=C(C(=O)Nc2cccc(C)c2)[C@@H](c2ccco2)C(C#N)=C(SCC(=O)Nc2ccc(F)cc2)N1. The summed E-state index contributed by atoms with van der Waals surface area (Å²) in [7, 11) is 0. The third kappa shape index (κ3) is 5.67. The number of furan rings is 1. The lowest BCUT2D eigenvalue weighted by Gasteiger charge is -2.28. The van der Waals surface area contributed by atoms with Crippen molar-refractivity contribution >= 4 is 35.0 Å². The van der Waals surface area contributed by atoms with Gasteiger partial charge in [-0.3, -0.25) is 9.59 Å². The van der Waals surface area contributed by atoms with Gasteiger partial charge in [-0.25, -0.2) is 4.39 Å². The van der Waals surface area contributed by atoms with Crippen molar-refractivity contribution in [2.24, 2.45) is 0 Å². The summed E-state index contributed by atoms with van der Waals surface area (Å²) in [5.74, 6) is -1.40. The molecule has 2 aromatic carbocycles. The Bertz CT molecular complexity index is 1390. The number of rotatable bonds is 7. The van der Waals surface area contributed by atoms with E-state index in [2.05, 4.69) is 22.0 Å². The van der Waals surface area contributed by atoms with E-state index in [4.69, 9.17) is 4.42 Å². The Morgan fingerprint density at radius 2 is 1.86 bits per heavy atom. The normalized spacial score (nSPS) is 15.2. The first kappa shape index (κ1) is 24.8. The summed E-state index contributed by atoms with van der Waals surface area (Å²) in [6.07, 6.45) is 1.49. The average molecular weight is 503 g/mol. The van der Waals surface area contributed by atoms with Gasteiger partial charge in [0.25, 0.3) is 5.91 Å². The highest BCUT2D eigenvalue weighted by molar-refractivity contribution is 8.03. The lowest BCUT2D eigenvalue weighted by Crippen LogP contribution is -2.31. The van der Waals surface area contributed by atoms with Gasteiger partial charge >= 0.3 is 0 Å². The van der Waals surface area contributed by atoms with E-state index in [0.29, 0.717) is 33.4 Å². The highest BCUT2D eigenvalue weighted by Crippen LogP contribution is 2.41. The molecular formula is C27H23FN4O3S. The maximum Gasteiger partial charge on any atom is 0.254 e. The third-order valence-electron chi connectivity index (χ3n) is 5.47. The van der Waals surface area contributed by atoms with E-state index in [1.165, 1.54) is 30.5 Å². The number of halogens is 1. The van der Waals surface area contributed by atoms with E-state index < -0.39 is 11.7 Å². The molecule has 0 aliphatic carbocycles. The molecule has 0 radical (unpaired) electrons. The van der Waals surface area contributed by atoms with Crippen LogP contribution in [0, 0.1) is 24.1 Å². The molecule has 1 aliphatic rings. The van der Waals surface area contributed by atoms with Crippen LogP contribution in [0.3, 0.4) is 0 Å². The Kier molecular flexibility index (Phi) is 7.56. The van der Waals surface area contributed by atoms with Crippen LogP contribution in [0.25, 0.3) is 0 Å².